The minimum absolute atomic E-state index is 0.152. The highest BCUT2D eigenvalue weighted by molar-refractivity contribution is 7.88. The van der Waals surface area contributed by atoms with E-state index in [0.29, 0.717) is 39.2 Å². The van der Waals surface area contributed by atoms with Crippen LogP contribution in [0, 0.1) is 11.6 Å². The van der Waals surface area contributed by atoms with Crippen LogP contribution in [0.1, 0.15) is 54.5 Å². The van der Waals surface area contributed by atoms with Gasteiger partial charge in [-0.1, -0.05) is 42.5 Å². The molecule has 0 fully saturated rings. The molecule has 248 valence electrons. The second kappa shape index (κ2) is 14.8. The van der Waals surface area contributed by atoms with Gasteiger partial charge in [0.05, 0.1) is 24.4 Å². The zero-order valence-corrected chi connectivity index (χ0v) is 26.4. The number of aliphatic hydroxyl groups is 2. The molecule has 0 aliphatic rings. The lowest BCUT2D eigenvalue weighted by Crippen LogP contribution is -2.20. The van der Waals surface area contributed by atoms with Crippen LogP contribution in [0.25, 0.3) is 28.3 Å². The third-order valence-electron chi connectivity index (χ3n) is 7.22. The zero-order valence-electron chi connectivity index (χ0n) is 25.6. The molecule has 0 spiro atoms. The Labute approximate surface area is 270 Å². The summed E-state index contributed by atoms with van der Waals surface area (Å²) < 4.78 is 52.9. The van der Waals surface area contributed by atoms with Gasteiger partial charge in [0.25, 0.3) is 5.91 Å². The first-order valence-corrected chi connectivity index (χ1v) is 16.3. The molecule has 1 heterocycles. The lowest BCUT2D eigenvalue weighted by Gasteiger charge is -2.17. The van der Waals surface area contributed by atoms with Crippen molar-refractivity contribution in [2.75, 3.05) is 5.32 Å². The summed E-state index contributed by atoms with van der Waals surface area (Å²) >= 11 is 0. The number of hydrogen-bond donors (Lipinski definition) is 5. The average molecular weight is 668 g/mol. The number of rotatable bonds is 13. The Bertz CT molecular complexity index is 1870. The number of aliphatic hydroxyl groups excluding tert-OH is 2. The molecule has 0 radical (unpaired) electrons. The van der Waals surface area contributed by atoms with E-state index in [4.69, 9.17) is 10.2 Å². The topological polar surface area (TPSA) is 172 Å². The Hall–Kier alpha value is -4.69. The molecule has 10 nitrogen and oxygen atoms in total. The largest absolute Gasteiger partial charge is 0.481 e. The van der Waals surface area contributed by atoms with Crippen LogP contribution in [-0.2, 0) is 20.6 Å². The third kappa shape index (κ3) is 9.20. The van der Waals surface area contributed by atoms with Gasteiger partial charge in [-0.15, -0.1) is 0 Å². The van der Waals surface area contributed by atoms with Gasteiger partial charge in [0.2, 0.25) is 10.0 Å². The van der Waals surface area contributed by atoms with Gasteiger partial charge in [-0.25, -0.2) is 22.3 Å². The average Bonchev–Trinajstić information content (AvgIpc) is 3.32. The molecule has 0 saturated carbocycles. The molecule has 0 bridgehead atoms. The number of halogens is 2. The number of aromatic nitrogens is 1. The van der Waals surface area contributed by atoms with E-state index in [1.807, 2.05) is 13.8 Å². The molecule has 0 unspecified atom stereocenters. The number of primary sulfonamides is 1. The van der Waals surface area contributed by atoms with Crippen LogP contribution in [0.3, 0.4) is 0 Å². The molecule has 0 aliphatic heterocycles. The van der Waals surface area contributed by atoms with Gasteiger partial charge in [-0.05, 0) is 73.0 Å². The summed E-state index contributed by atoms with van der Waals surface area (Å²) in [6, 6.07) is 16.8. The Morgan fingerprint density at radius 1 is 0.894 bits per heavy atom. The van der Waals surface area contributed by atoms with Crippen molar-refractivity contribution < 1.29 is 42.1 Å². The maximum atomic E-state index is 14.2. The minimum atomic E-state index is -3.77. The van der Waals surface area contributed by atoms with Crippen molar-refractivity contribution in [3.05, 3.63) is 107 Å². The number of benzene rings is 3. The molecule has 0 aliphatic carbocycles. The fourth-order valence-electron chi connectivity index (χ4n) is 5.29. The van der Waals surface area contributed by atoms with Crippen molar-refractivity contribution >= 4 is 33.7 Å². The van der Waals surface area contributed by atoms with Gasteiger partial charge < -0.3 is 25.2 Å². The fraction of sp³-hybridized carbons (Fsp3) is 0.235. The number of hydrogen-bond acceptors (Lipinski definition) is 6. The highest BCUT2D eigenvalue weighted by atomic mass is 32.2. The number of aliphatic carboxylic acids is 1. The van der Waals surface area contributed by atoms with E-state index in [1.54, 1.807) is 10.6 Å². The first-order chi connectivity index (χ1) is 22.1. The SMILES string of the molecule is CC(C)n1c(C=C[C@@H](O)C[C@@H](O)CC(=O)O)c(-c2ccc(F)cc2)c(-c2ccc(F)cc2)c1C(=O)Nc1ccc(CS(N)(=O)=O)cc1. The van der Waals surface area contributed by atoms with Gasteiger partial charge in [0.15, 0.2) is 0 Å². The summed E-state index contributed by atoms with van der Waals surface area (Å²) in [6.45, 7) is 3.65. The third-order valence-corrected chi connectivity index (χ3v) is 7.96. The Morgan fingerprint density at radius 2 is 1.43 bits per heavy atom. The summed E-state index contributed by atoms with van der Waals surface area (Å²) in [4.78, 5) is 25.2. The van der Waals surface area contributed by atoms with E-state index < -0.39 is 52.2 Å². The van der Waals surface area contributed by atoms with Gasteiger partial charge >= 0.3 is 5.97 Å². The van der Waals surface area contributed by atoms with Gasteiger partial charge in [-0.2, -0.15) is 0 Å². The summed E-state index contributed by atoms with van der Waals surface area (Å²) in [7, 11) is -3.77. The van der Waals surface area contributed by atoms with Crippen LogP contribution in [0.5, 0.6) is 0 Å². The van der Waals surface area contributed by atoms with E-state index in [1.165, 1.54) is 78.9 Å². The molecular formula is C34H35F2N3O7S. The van der Waals surface area contributed by atoms with Gasteiger partial charge in [0, 0.05) is 35.0 Å². The number of anilines is 1. The molecular weight excluding hydrogens is 632 g/mol. The maximum Gasteiger partial charge on any atom is 0.305 e. The number of carbonyl (C=O) groups is 2. The van der Waals surface area contributed by atoms with Crippen molar-refractivity contribution in [3.8, 4) is 22.3 Å². The van der Waals surface area contributed by atoms with Crippen molar-refractivity contribution in [1.29, 1.82) is 0 Å². The second-order valence-electron chi connectivity index (χ2n) is 11.3. The lowest BCUT2D eigenvalue weighted by molar-refractivity contribution is -0.139. The van der Waals surface area contributed by atoms with Crippen LogP contribution in [-0.4, -0.2) is 52.4 Å². The zero-order chi connectivity index (χ0) is 34.5. The van der Waals surface area contributed by atoms with Crippen LogP contribution < -0.4 is 10.5 Å². The van der Waals surface area contributed by atoms with Crippen molar-refractivity contribution in [3.63, 3.8) is 0 Å². The predicted molar refractivity (Wildman–Crippen MR) is 175 cm³/mol. The maximum absolute atomic E-state index is 14.2. The van der Waals surface area contributed by atoms with Crippen LogP contribution in [0.15, 0.2) is 78.9 Å². The van der Waals surface area contributed by atoms with Crippen molar-refractivity contribution in [2.24, 2.45) is 5.14 Å². The molecule has 13 heteroatoms. The lowest BCUT2D eigenvalue weighted by atomic mass is 9.94. The molecule has 2 atom stereocenters. The number of carbonyl (C=O) groups excluding carboxylic acids is 1. The van der Waals surface area contributed by atoms with Crippen LogP contribution in [0.2, 0.25) is 0 Å². The summed E-state index contributed by atoms with van der Waals surface area (Å²) in [5.41, 5.74) is 3.16. The highest BCUT2D eigenvalue weighted by Gasteiger charge is 2.30. The van der Waals surface area contributed by atoms with Crippen molar-refractivity contribution in [1.82, 2.24) is 4.57 Å². The van der Waals surface area contributed by atoms with E-state index in [9.17, 15) is 37.0 Å². The number of sulfonamides is 1. The Morgan fingerprint density at radius 3 is 1.91 bits per heavy atom. The van der Waals surface area contributed by atoms with E-state index in [-0.39, 0.29) is 23.9 Å². The molecule has 47 heavy (non-hydrogen) atoms. The molecule has 1 amide bonds. The summed E-state index contributed by atoms with van der Waals surface area (Å²) in [5, 5.41) is 37.7. The van der Waals surface area contributed by atoms with Crippen LogP contribution in [0.4, 0.5) is 14.5 Å². The van der Waals surface area contributed by atoms with Gasteiger partial charge in [0.1, 0.15) is 17.3 Å². The number of nitrogens with one attached hydrogen (secondary N) is 1. The van der Waals surface area contributed by atoms with Crippen molar-refractivity contribution in [2.45, 2.75) is 50.7 Å². The number of carboxylic acid groups (broad SMARTS) is 1. The number of nitrogens with two attached hydrogens (primary N) is 1. The van der Waals surface area contributed by atoms with Crippen LogP contribution >= 0.6 is 0 Å². The Kier molecular flexibility index (Phi) is 11.1. The standard InChI is InChI=1S/C34H35F2N3O7S/c1-20(2)39-29(16-15-27(40)17-28(41)18-30(42)43)31(22-5-9-24(35)10-6-22)32(23-7-11-25(36)12-8-23)33(39)34(44)38-26-13-3-21(4-14-26)19-47(37,45)46/h3-16,20,27-28,40-41H,17-19H2,1-2H3,(H,38,44)(H,42,43)(H2,37,45,46)/t27-,28-/m1/s1. The minimum Gasteiger partial charge on any atom is -0.481 e. The van der Waals surface area contributed by atoms with Gasteiger partial charge in [-0.3, -0.25) is 9.59 Å². The smallest absolute Gasteiger partial charge is 0.305 e. The Balaban J connectivity index is 1.93. The molecule has 0 saturated heterocycles. The molecule has 4 rings (SSSR count). The fourth-order valence-corrected chi connectivity index (χ4v) is 5.95. The molecule has 1 aromatic heterocycles. The second-order valence-corrected chi connectivity index (χ2v) is 12.9. The first kappa shape index (κ1) is 35.2. The van der Waals surface area contributed by atoms with E-state index in [0.717, 1.165) is 0 Å². The van der Waals surface area contributed by atoms with E-state index in [2.05, 4.69) is 5.32 Å². The van der Waals surface area contributed by atoms with E-state index >= 15 is 0 Å². The number of nitrogens with zero attached hydrogens (tertiary/aromatic N) is 1. The summed E-state index contributed by atoms with van der Waals surface area (Å²) in [5.74, 6) is -3.18. The normalized spacial score (nSPS) is 13.2. The highest BCUT2D eigenvalue weighted by Crippen LogP contribution is 2.43. The monoisotopic (exact) mass is 667 g/mol. The number of amides is 1. The molecule has 6 N–H and O–H groups in total. The predicted octanol–water partition coefficient (Wildman–Crippen LogP) is 5.32. The first-order valence-electron chi connectivity index (χ1n) is 14.6. The molecule has 4 aromatic rings. The quantitative estimate of drug-likeness (QED) is 0.128. The molecule has 3 aromatic carbocycles. The summed E-state index contributed by atoms with van der Waals surface area (Å²) in [6.07, 6.45) is -0.487. The number of carboxylic acids is 1.